The smallest absolute Gasteiger partial charge is 0.348 e. The van der Waals surface area contributed by atoms with Crippen LogP contribution in [-0.4, -0.2) is 36.0 Å². The number of esters is 1. The number of nitrogens with zero attached hydrogens (tertiary/aromatic N) is 1. The van der Waals surface area contributed by atoms with Crippen molar-refractivity contribution in [2.75, 3.05) is 13.2 Å². The Bertz CT molecular complexity index is 842. The van der Waals surface area contributed by atoms with Gasteiger partial charge < -0.3 is 9.64 Å². The molecule has 1 atom stereocenters. The zero-order chi connectivity index (χ0) is 18.1. The summed E-state index contributed by atoms with van der Waals surface area (Å²) in [7, 11) is 0. The normalized spacial score (nSPS) is 18.8. The molecule has 2 heterocycles. The summed E-state index contributed by atoms with van der Waals surface area (Å²) in [6.07, 6.45) is 5.16. The van der Waals surface area contributed by atoms with Crippen LogP contribution < -0.4 is 0 Å². The van der Waals surface area contributed by atoms with Crippen LogP contribution in [0.25, 0.3) is 10.4 Å². The fourth-order valence-electron chi connectivity index (χ4n) is 3.92. The number of aryl methyl sites for hydroxylation is 2. The Kier molecular flexibility index (Phi) is 4.81. The average Bonchev–Trinajstić information content (AvgIpc) is 3.11. The highest BCUT2D eigenvalue weighted by Crippen LogP contribution is 2.39. The number of carbonyl (C=O) groups excluding carboxylic acids is 2. The van der Waals surface area contributed by atoms with Crippen molar-refractivity contribution < 1.29 is 14.3 Å². The third kappa shape index (κ3) is 3.28. The Morgan fingerprint density at radius 1 is 1.19 bits per heavy atom. The van der Waals surface area contributed by atoms with E-state index in [0.717, 1.165) is 43.5 Å². The molecule has 0 saturated carbocycles. The Morgan fingerprint density at radius 2 is 2.00 bits per heavy atom. The van der Waals surface area contributed by atoms with Gasteiger partial charge in [0.25, 0.3) is 5.91 Å². The molecule has 5 heteroatoms. The van der Waals surface area contributed by atoms with E-state index in [4.69, 9.17) is 4.74 Å². The number of hydrogen-bond donors (Lipinski definition) is 0. The molecule has 2 aliphatic rings. The van der Waals surface area contributed by atoms with Crippen LogP contribution in [0, 0.1) is 0 Å². The van der Waals surface area contributed by atoms with E-state index >= 15 is 0 Å². The molecule has 1 aliphatic heterocycles. The van der Waals surface area contributed by atoms with Gasteiger partial charge in [-0.1, -0.05) is 24.3 Å². The van der Waals surface area contributed by atoms with Crippen LogP contribution >= 0.6 is 11.3 Å². The van der Waals surface area contributed by atoms with Gasteiger partial charge in [0, 0.05) is 17.5 Å². The van der Waals surface area contributed by atoms with Crippen molar-refractivity contribution in [1.29, 1.82) is 0 Å². The quantitative estimate of drug-likeness (QED) is 0.766. The van der Waals surface area contributed by atoms with E-state index in [1.54, 1.807) is 0 Å². The first-order valence-corrected chi connectivity index (χ1v) is 10.1. The number of likely N-dealkylation sites (tertiary alicyclic amines) is 1. The maximum atomic E-state index is 12.5. The summed E-state index contributed by atoms with van der Waals surface area (Å²) in [5.74, 6) is -0.475. The average molecular weight is 369 g/mol. The number of amides is 1. The van der Waals surface area contributed by atoms with Gasteiger partial charge >= 0.3 is 5.97 Å². The number of thiophene rings is 1. The van der Waals surface area contributed by atoms with E-state index in [1.165, 1.54) is 28.0 Å². The van der Waals surface area contributed by atoms with Gasteiger partial charge in [-0.05, 0) is 61.8 Å². The fourth-order valence-corrected chi connectivity index (χ4v) is 5.09. The van der Waals surface area contributed by atoms with Crippen molar-refractivity contribution in [2.24, 2.45) is 0 Å². The number of fused-ring (bicyclic) bond motifs is 3. The minimum Gasteiger partial charge on any atom is -0.451 e. The maximum Gasteiger partial charge on any atom is 0.348 e. The molecule has 0 N–H and O–H groups in total. The van der Waals surface area contributed by atoms with E-state index in [0.29, 0.717) is 4.88 Å². The van der Waals surface area contributed by atoms with Gasteiger partial charge in [-0.25, -0.2) is 4.79 Å². The first kappa shape index (κ1) is 17.3. The lowest BCUT2D eigenvalue weighted by Gasteiger charge is -2.33. The Morgan fingerprint density at radius 3 is 2.85 bits per heavy atom. The number of piperidine rings is 1. The van der Waals surface area contributed by atoms with Gasteiger partial charge in [-0.2, -0.15) is 0 Å². The van der Waals surface area contributed by atoms with Crippen molar-refractivity contribution in [3.8, 4) is 10.4 Å². The molecule has 1 amide bonds. The molecule has 1 aliphatic carbocycles. The van der Waals surface area contributed by atoms with E-state index in [2.05, 4.69) is 25.1 Å². The second kappa shape index (κ2) is 7.23. The molecular weight excluding hydrogens is 346 g/mol. The van der Waals surface area contributed by atoms with Crippen molar-refractivity contribution >= 4 is 23.2 Å². The lowest BCUT2D eigenvalue weighted by molar-refractivity contribution is -0.137. The van der Waals surface area contributed by atoms with Gasteiger partial charge in [0.2, 0.25) is 0 Å². The highest BCUT2D eigenvalue weighted by molar-refractivity contribution is 7.17. The van der Waals surface area contributed by atoms with Crippen molar-refractivity contribution in [1.82, 2.24) is 4.90 Å². The predicted molar refractivity (Wildman–Crippen MR) is 102 cm³/mol. The number of hydrogen-bond acceptors (Lipinski definition) is 4. The first-order valence-electron chi connectivity index (χ1n) is 9.31. The van der Waals surface area contributed by atoms with Gasteiger partial charge in [0.1, 0.15) is 4.88 Å². The first-order chi connectivity index (χ1) is 12.6. The second-order valence-corrected chi connectivity index (χ2v) is 8.18. The summed E-state index contributed by atoms with van der Waals surface area (Å²) in [4.78, 5) is 28.4. The number of rotatable bonds is 3. The number of benzene rings is 1. The van der Waals surface area contributed by atoms with Crippen LogP contribution in [0.15, 0.2) is 30.3 Å². The van der Waals surface area contributed by atoms with Gasteiger partial charge in [0.05, 0.1) is 0 Å². The molecule has 4 nitrogen and oxygen atoms in total. The van der Waals surface area contributed by atoms with E-state index < -0.39 is 0 Å². The zero-order valence-corrected chi connectivity index (χ0v) is 15.8. The standard InChI is InChI=1S/C21H23NO3S/c1-14-6-4-5-11-22(14)19(23)13-25-21(24)18-12-16-10-9-15-7-2-3-8-17(15)20(16)26-18/h2-3,7-8,12,14H,4-6,9-11,13H2,1H3/t14-/m1/s1. The van der Waals surface area contributed by atoms with Crippen LogP contribution in [0.1, 0.15) is 47.0 Å². The third-order valence-corrected chi connectivity index (χ3v) is 6.58. The monoisotopic (exact) mass is 369 g/mol. The summed E-state index contributed by atoms with van der Waals surface area (Å²) < 4.78 is 5.34. The molecule has 1 aromatic carbocycles. The number of ether oxygens (including phenoxy) is 1. The van der Waals surface area contributed by atoms with Gasteiger partial charge in [0.15, 0.2) is 6.61 Å². The third-order valence-electron chi connectivity index (χ3n) is 5.39. The highest BCUT2D eigenvalue weighted by Gasteiger charge is 2.25. The Balaban J connectivity index is 1.44. The van der Waals surface area contributed by atoms with Gasteiger partial charge in [-0.3, -0.25) is 4.79 Å². The molecule has 4 rings (SSSR count). The van der Waals surface area contributed by atoms with Crippen LogP contribution in [0.2, 0.25) is 0 Å². The molecule has 0 bridgehead atoms. The largest absolute Gasteiger partial charge is 0.451 e. The second-order valence-electron chi connectivity index (χ2n) is 7.13. The minimum atomic E-state index is -0.389. The predicted octanol–water partition coefficient (Wildman–Crippen LogP) is 4.07. The van der Waals surface area contributed by atoms with Crippen molar-refractivity contribution in [2.45, 2.75) is 45.1 Å². The molecule has 0 spiro atoms. The van der Waals surface area contributed by atoms with Gasteiger partial charge in [-0.15, -0.1) is 11.3 Å². The molecule has 0 unspecified atom stereocenters. The molecule has 136 valence electrons. The topological polar surface area (TPSA) is 46.6 Å². The van der Waals surface area contributed by atoms with Crippen LogP contribution in [0.3, 0.4) is 0 Å². The lowest BCUT2D eigenvalue weighted by Crippen LogP contribution is -2.44. The molecule has 1 fully saturated rings. The summed E-state index contributed by atoms with van der Waals surface area (Å²) in [5, 5.41) is 0. The Hall–Kier alpha value is -2.14. The fraction of sp³-hybridized carbons (Fsp3) is 0.429. The minimum absolute atomic E-state index is 0.0859. The van der Waals surface area contributed by atoms with Crippen molar-refractivity contribution in [3.63, 3.8) is 0 Å². The SMILES string of the molecule is C[C@@H]1CCCCN1C(=O)COC(=O)c1cc2c(s1)-c1ccccc1CC2. The van der Waals surface area contributed by atoms with Crippen molar-refractivity contribution in [3.05, 3.63) is 46.3 Å². The molecule has 26 heavy (non-hydrogen) atoms. The molecule has 1 aromatic heterocycles. The molecule has 1 saturated heterocycles. The maximum absolute atomic E-state index is 12.5. The zero-order valence-electron chi connectivity index (χ0n) is 15.0. The van der Waals surface area contributed by atoms with E-state index in [1.807, 2.05) is 17.0 Å². The van der Waals surface area contributed by atoms with E-state index in [9.17, 15) is 9.59 Å². The van der Waals surface area contributed by atoms with E-state index in [-0.39, 0.29) is 24.5 Å². The van der Waals surface area contributed by atoms with Crippen LogP contribution in [0.5, 0.6) is 0 Å². The summed E-state index contributed by atoms with van der Waals surface area (Å²) in [6, 6.07) is 10.5. The summed E-state index contributed by atoms with van der Waals surface area (Å²) in [6.45, 7) is 2.66. The van der Waals surface area contributed by atoms with Crippen LogP contribution in [0.4, 0.5) is 0 Å². The summed E-state index contributed by atoms with van der Waals surface area (Å²) >= 11 is 1.47. The molecule has 0 radical (unpaired) electrons. The highest BCUT2D eigenvalue weighted by atomic mass is 32.1. The molecular formula is C21H23NO3S. The lowest BCUT2D eigenvalue weighted by atomic mass is 9.91. The summed E-state index contributed by atoms with van der Waals surface area (Å²) in [5.41, 5.74) is 3.75. The molecule has 2 aromatic rings. The number of carbonyl (C=O) groups is 2. The van der Waals surface area contributed by atoms with Crippen LogP contribution in [-0.2, 0) is 22.4 Å². The Labute approximate surface area is 157 Å².